The van der Waals surface area contributed by atoms with Crippen LogP contribution in [0.3, 0.4) is 0 Å². The van der Waals surface area contributed by atoms with Gasteiger partial charge in [0.25, 0.3) is 5.91 Å². The topological polar surface area (TPSA) is 51.0 Å². The lowest BCUT2D eigenvalue weighted by atomic mass is 10.1. The molecule has 2 heterocycles. The summed E-state index contributed by atoms with van der Waals surface area (Å²) in [6, 6.07) is 10.7. The molecule has 0 saturated carbocycles. The van der Waals surface area contributed by atoms with Gasteiger partial charge in [0.05, 0.1) is 17.8 Å². The van der Waals surface area contributed by atoms with Crippen molar-refractivity contribution in [2.45, 2.75) is 38.8 Å². The maximum absolute atomic E-state index is 13.0. The van der Waals surface area contributed by atoms with Crippen LogP contribution in [0.2, 0.25) is 0 Å². The smallest absolute Gasteiger partial charge is 0.255 e. The van der Waals surface area contributed by atoms with Gasteiger partial charge in [0, 0.05) is 24.7 Å². The van der Waals surface area contributed by atoms with Crippen LogP contribution in [0.15, 0.2) is 42.7 Å². The lowest BCUT2D eigenvalue weighted by molar-refractivity contribution is 0.0730. The van der Waals surface area contributed by atoms with Gasteiger partial charge in [0.1, 0.15) is 0 Å². The third kappa shape index (κ3) is 2.60. The summed E-state index contributed by atoms with van der Waals surface area (Å²) in [4.78, 5) is 19.3. The number of rotatable bonds is 3. The van der Waals surface area contributed by atoms with E-state index in [0.717, 1.165) is 23.9 Å². The van der Waals surface area contributed by atoms with E-state index in [1.165, 1.54) is 11.1 Å². The minimum Gasteiger partial charge on any atom is -0.335 e. The predicted octanol–water partition coefficient (Wildman–Crippen LogP) is 3.77. The van der Waals surface area contributed by atoms with Crippen LogP contribution in [0.25, 0.3) is 11.0 Å². The first-order valence-electron chi connectivity index (χ1n) is 8.74. The zero-order valence-corrected chi connectivity index (χ0v) is 14.8. The number of aromatic nitrogens is 3. The van der Waals surface area contributed by atoms with Crippen LogP contribution in [0.4, 0.5) is 0 Å². The van der Waals surface area contributed by atoms with Crippen molar-refractivity contribution < 1.29 is 4.79 Å². The molecule has 0 saturated heterocycles. The van der Waals surface area contributed by atoms with Crippen molar-refractivity contribution in [1.29, 1.82) is 0 Å². The minimum absolute atomic E-state index is 0.00778. The highest BCUT2D eigenvalue weighted by Gasteiger charge is 2.29. The number of pyridine rings is 1. The molecule has 1 aliphatic carbocycles. The van der Waals surface area contributed by atoms with Crippen LogP contribution in [0.5, 0.6) is 0 Å². The molecule has 3 aromatic rings. The summed E-state index contributed by atoms with van der Waals surface area (Å²) >= 11 is 0. The molecule has 0 aliphatic heterocycles. The third-order valence-electron chi connectivity index (χ3n) is 5.06. The lowest BCUT2D eigenvalue weighted by Gasteiger charge is -2.25. The van der Waals surface area contributed by atoms with Crippen molar-refractivity contribution in [3.8, 4) is 0 Å². The highest BCUT2D eigenvalue weighted by atomic mass is 16.2. The molecule has 1 atom stereocenters. The third-order valence-corrected chi connectivity index (χ3v) is 5.06. The summed E-state index contributed by atoms with van der Waals surface area (Å²) in [7, 11) is 1.89. The van der Waals surface area contributed by atoms with Gasteiger partial charge in [-0.05, 0) is 43.9 Å². The van der Waals surface area contributed by atoms with Crippen molar-refractivity contribution >= 4 is 16.9 Å². The molecular weight excluding hydrogens is 312 g/mol. The quantitative estimate of drug-likeness (QED) is 0.732. The van der Waals surface area contributed by atoms with E-state index in [4.69, 9.17) is 0 Å². The van der Waals surface area contributed by atoms with E-state index in [9.17, 15) is 4.79 Å². The zero-order valence-electron chi connectivity index (χ0n) is 14.8. The Labute approximate surface area is 147 Å². The number of carbonyl (C=O) groups excluding carboxylic acids is 1. The summed E-state index contributed by atoms with van der Waals surface area (Å²) in [6.45, 7) is 4.14. The van der Waals surface area contributed by atoms with Gasteiger partial charge in [0.15, 0.2) is 5.65 Å². The summed E-state index contributed by atoms with van der Waals surface area (Å²) in [5.41, 5.74) is 4.04. The van der Waals surface area contributed by atoms with Crippen LogP contribution >= 0.6 is 0 Å². The molecular formula is C20H22N4O. The Morgan fingerprint density at radius 3 is 2.88 bits per heavy atom. The second-order valence-electron chi connectivity index (χ2n) is 6.99. The Balaban J connectivity index is 1.64. The molecule has 1 amide bonds. The van der Waals surface area contributed by atoms with Gasteiger partial charge in [-0.2, -0.15) is 5.10 Å². The van der Waals surface area contributed by atoms with E-state index in [1.54, 1.807) is 12.4 Å². The number of aryl methyl sites for hydroxylation is 1. The second-order valence-corrected chi connectivity index (χ2v) is 6.99. The molecule has 0 bridgehead atoms. The van der Waals surface area contributed by atoms with Crippen LogP contribution in [-0.2, 0) is 6.42 Å². The van der Waals surface area contributed by atoms with Crippen molar-refractivity contribution in [2.24, 2.45) is 0 Å². The van der Waals surface area contributed by atoms with Crippen molar-refractivity contribution in [1.82, 2.24) is 19.7 Å². The molecule has 5 heteroatoms. The van der Waals surface area contributed by atoms with Gasteiger partial charge < -0.3 is 4.90 Å². The van der Waals surface area contributed by atoms with E-state index in [1.807, 2.05) is 28.8 Å². The van der Waals surface area contributed by atoms with Crippen LogP contribution in [0.1, 0.15) is 53.8 Å². The first kappa shape index (κ1) is 15.8. The Morgan fingerprint density at radius 2 is 2.08 bits per heavy atom. The minimum atomic E-state index is 0.00778. The van der Waals surface area contributed by atoms with Gasteiger partial charge in [0.2, 0.25) is 0 Å². The predicted molar refractivity (Wildman–Crippen MR) is 97.5 cm³/mol. The van der Waals surface area contributed by atoms with Crippen molar-refractivity contribution in [2.75, 3.05) is 7.05 Å². The average molecular weight is 334 g/mol. The van der Waals surface area contributed by atoms with E-state index < -0.39 is 0 Å². The zero-order chi connectivity index (χ0) is 17.6. The Kier molecular flexibility index (Phi) is 3.79. The van der Waals surface area contributed by atoms with E-state index >= 15 is 0 Å². The van der Waals surface area contributed by atoms with E-state index in [0.29, 0.717) is 5.56 Å². The molecule has 25 heavy (non-hydrogen) atoms. The second kappa shape index (κ2) is 5.99. The number of benzene rings is 1. The molecule has 0 spiro atoms. The molecule has 1 aromatic carbocycles. The molecule has 1 unspecified atom stereocenters. The van der Waals surface area contributed by atoms with E-state index in [-0.39, 0.29) is 18.0 Å². The maximum Gasteiger partial charge on any atom is 0.255 e. The monoisotopic (exact) mass is 334 g/mol. The van der Waals surface area contributed by atoms with Gasteiger partial charge in [-0.3, -0.25) is 4.79 Å². The van der Waals surface area contributed by atoms with Gasteiger partial charge in [-0.25, -0.2) is 9.67 Å². The number of amides is 1. The lowest BCUT2D eigenvalue weighted by Crippen LogP contribution is -2.30. The number of hydrogen-bond donors (Lipinski definition) is 0. The van der Waals surface area contributed by atoms with Crippen LogP contribution in [-0.4, -0.2) is 32.6 Å². The molecule has 0 fully saturated rings. The number of carbonyl (C=O) groups is 1. The average Bonchev–Trinajstić information content (AvgIpc) is 3.24. The van der Waals surface area contributed by atoms with Gasteiger partial charge in [-0.1, -0.05) is 24.3 Å². The molecule has 0 N–H and O–H groups in total. The summed E-state index contributed by atoms with van der Waals surface area (Å²) in [5.74, 6) is 0.00778. The fourth-order valence-corrected chi connectivity index (χ4v) is 3.72. The fraction of sp³-hybridized carbons (Fsp3) is 0.350. The van der Waals surface area contributed by atoms with Crippen molar-refractivity contribution in [3.63, 3.8) is 0 Å². The van der Waals surface area contributed by atoms with Crippen LogP contribution in [0, 0.1) is 0 Å². The van der Waals surface area contributed by atoms with Crippen LogP contribution < -0.4 is 0 Å². The molecule has 5 nitrogen and oxygen atoms in total. The number of nitrogens with zero attached hydrogens (tertiary/aromatic N) is 4. The largest absolute Gasteiger partial charge is 0.335 e. The highest BCUT2D eigenvalue weighted by Crippen LogP contribution is 2.35. The molecule has 0 radical (unpaired) electrons. The van der Waals surface area contributed by atoms with Gasteiger partial charge in [-0.15, -0.1) is 0 Å². The fourth-order valence-electron chi connectivity index (χ4n) is 3.72. The SMILES string of the molecule is CC(C)n1ncc2cc(C(=O)N(C)C3CCc4ccccc43)cnc21. The summed E-state index contributed by atoms with van der Waals surface area (Å²) < 4.78 is 1.88. The molecule has 2 aromatic heterocycles. The molecule has 1 aliphatic rings. The number of hydrogen-bond acceptors (Lipinski definition) is 3. The Hall–Kier alpha value is -2.69. The van der Waals surface area contributed by atoms with E-state index in [2.05, 4.69) is 42.1 Å². The molecule has 128 valence electrons. The maximum atomic E-state index is 13.0. The standard InChI is InChI=1S/C20H22N4O/c1-13(2)24-19-15(12-22-24)10-16(11-21-19)20(25)23(3)18-9-8-14-6-4-5-7-17(14)18/h4-7,10-13,18H,8-9H2,1-3H3. The Bertz CT molecular complexity index is 944. The highest BCUT2D eigenvalue weighted by molar-refractivity contribution is 5.97. The summed E-state index contributed by atoms with van der Waals surface area (Å²) in [6.07, 6.45) is 5.45. The van der Waals surface area contributed by atoms with Gasteiger partial charge >= 0.3 is 0 Å². The molecule has 4 rings (SSSR count). The first-order chi connectivity index (χ1) is 12.1. The summed E-state index contributed by atoms with van der Waals surface area (Å²) in [5, 5.41) is 5.28. The first-order valence-corrected chi connectivity index (χ1v) is 8.74. The van der Waals surface area contributed by atoms with Crippen molar-refractivity contribution in [3.05, 3.63) is 59.4 Å². The number of fused-ring (bicyclic) bond motifs is 2. The normalized spacial score (nSPS) is 16.4. The Morgan fingerprint density at radius 1 is 1.28 bits per heavy atom.